The molecule has 2 bridgehead atoms. The molecular formula is C20H24N6O3S. The van der Waals surface area contributed by atoms with Crippen molar-refractivity contribution in [1.82, 2.24) is 24.0 Å². The standard InChI is InChI=1S/C20H24N6O3S/c27-16-6-4-5-15-14-9-13(11-26(15)16)10-25(12-14)20(29)21-18-17(22-23-30-18)19(28)24-7-2-1-3-8-24/h4-6,13-14H,1-3,7-12H2,(H,21,29)/t13-,14-/m0/s1. The number of amides is 3. The molecule has 0 radical (unpaired) electrons. The molecule has 2 atom stereocenters. The molecule has 10 heteroatoms. The molecule has 3 aliphatic heterocycles. The molecule has 3 aliphatic rings. The second-order valence-electron chi connectivity index (χ2n) is 8.34. The third-order valence-electron chi connectivity index (χ3n) is 6.32. The van der Waals surface area contributed by atoms with Gasteiger partial charge in [-0.15, -0.1) is 5.10 Å². The average Bonchev–Trinajstić information content (AvgIpc) is 3.22. The number of piperidine rings is 2. The number of fused-ring (bicyclic) bond motifs is 4. The van der Waals surface area contributed by atoms with Gasteiger partial charge in [0.25, 0.3) is 11.5 Å². The van der Waals surface area contributed by atoms with Gasteiger partial charge >= 0.3 is 6.03 Å². The molecule has 2 saturated heterocycles. The second-order valence-corrected chi connectivity index (χ2v) is 9.09. The lowest BCUT2D eigenvalue weighted by molar-refractivity contribution is 0.0719. The summed E-state index contributed by atoms with van der Waals surface area (Å²) in [6, 6.07) is 5.11. The topological polar surface area (TPSA) is 100 Å². The monoisotopic (exact) mass is 428 g/mol. The van der Waals surface area contributed by atoms with Crippen LogP contribution in [-0.2, 0) is 6.54 Å². The summed E-state index contributed by atoms with van der Waals surface area (Å²) in [6.07, 6.45) is 4.10. The number of rotatable bonds is 2. The van der Waals surface area contributed by atoms with Crippen LogP contribution in [0.5, 0.6) is 0 Å². The highest BCUT2D eigenvalue weighted by Crippen LogP contribution is 2.35. The van der Waals surface area contributed by atoms with Crippen LogP contribution < -0.4 is 10.9 Å². The van der Waals surface area contributed by atoms with E-state index < -0.39 is 0 Å². The zero-order valence-electron chi connectivity index (χ0n) is 16.6. The molecule has 2 fully saturated rings. The molecule has 3 amide bonds. The van der Waals surface area contributed by atoms with E-state index in [1.54, 1.807) is 21.9 Å². The van der Waals surface area contributed by atoms with Crippen LogP contribution in [0.3, 0.4) is 0 Å². The van der Waals surface area contributed by atoms with E-state index in [0.29, 0.717) is 24.6 Å². The van der Waals surface area contributed by atoms with Crippen molar-refractivity contribution >= 4 is 28.5 Å². The zero-order valence-corrected chi connectivity index (χ0v) is 17.4. The van der Waals surface area contributed by atoms with Crippen LogP contribution >= 0.6 is 11.5 Å². The fraction of sp³-hybridized carbons (Fsp3) is 0.550. The highest BCUT2D eigenvalue weighted by atomic mass is 32.1. The largest absolute Gasteiger partial charge is 0.337 e. The van der Waals surface area contributed by atoms with Crippen molar-refractivity contribution in [3.05, 3.63) is 39.9 Å². The highest BCUT2D eigenvalue weighted by molar-refractivity contribution is 7.10. The first kappa shape index (κ1) is 19.2. The Balaban J connectivity index is 1.30. The minimum Gasteiger partial charge on any atom is -0.337 e. The quantitative estimate of drug-likeness (QED) is 0.788. The number of pyridine rings is 1. The normalized spacial score (nSPS) is 23.1. The summed E-state index contributed by atoms with van der Waals surface area (Å²) in [5, 5.41) is 7.27. The van der Waals surface area contributed by atoms with Crippen LogP contribution in [0.2, 0.25) is 0 Å². The SMILES string of the molecule is O=C(Nc1snnc1C(=O)N1CCCCC1)N1C[C@@H]2C[C@@H](C1)c1cccc(=O)n1C2. The Morgan fingerprint density at radius 2 is 1.90 bits per heavy atom. The first-order valence-electron chi connectivity index (χ1n) is 10.5. The fourth-order valence-electron chi connectivity index (χ4n) is 4.90. The van der Waals surface area contributed by atoms with E-state index in [1.807, 2.05) is 10.6 Å². The van der Waals surface area contributed by atoms with Gasteiger partial charge in [0.05, 0.1) is 0 Å². The summed E-state index contributed by atoms with van der Waals surface area (Å²) in [4.78, 5) is 41.5. The number of carbonyl (C=O) groups is 2. The van der Waals surface area contributed by atoms with Crippen molar-refractivity contribution < 1.29 is 9.59 Å². The van der Waals surface area contributed by atoms with Crippen molar-refractivity contribution in [2.45, 2.75) is 38.1 Å². The summed E-state index contributed by atoms with van der Waals surface area (Å²) in [5.74, 6) is 0.227. The second kappa shape index (κ2) is 7.82. The van der Waals surface area contributed by atoms with Crippen LogP contribution in [-0.4, -0.2) is 62.1 Å². The van der Waals surface area contributed by atoms with Gasteiger partial charge in [-0.25, -0.2) is 4.79 Å². The Morgan fingerprint density at radius 1 is 1.07 bits per heavy atom. The van der Waals surface area contributed by atoms with Gasteiger partial charge in [0.1, 0.15) is 0 Å². The van der Waals surface area contributed by atoms with Gasteiger partial charge in [0.2, 0.25) is 0 Å². The Kier molecular flexibility index (Phi) is 5.01. The lowest BCUT2D eigenvalue weighted by Gasteiger charge is -2.42. The molecule has 2 aromatic heterocycles. The van der Waals surface area contributed by atoms with Crippen molar-refractivity contribution in [3.63, 3.8) is 0 Å². The Morgan fingerprint density at radius 3 is 2.73 bits per heavy atom. The first-order chi connectivity index (χ1) is 14.6. The lowest BCUT2D eigenvalue weighted by atomic mass is 9.83. The number of likely N-dealkylation sites (tertiary alicyclic amines) is 2. The van der Waals surface area contributed by atoms with E-state index in [-0.39, 0.29) is 35.0 Å². The number of nitrogens with one attached hydrogen (secondary N) is 1. The number of anilines is 1. The molecule has 9 nitrogen and oxygen atoms in total. The first-order valence-corrected chi connectivity index (χ1v) is 11.2. The number of aromatic nitrogens is 3. The third-order valence-corrected chi connectivity index (χ3v) is 6.96. The molecular weight excluding hydrogens is 404 g/mol. The minimum absolute atomic E-state index is 0.0247. The van der Waals surface area contributed by atoms with E-state index in [9.17, 15) is 14.4 Å². The average molecular weight is 429 g/mol. The maximum atomic E-state index is 13.0. The predicted octanol–water partition coefficient (Wildman–Crippen LogP) is 1.98. The van der Waals surface area contributed by atoms with Crippen LogP contribution in [0, 0.1) is 5.92 Å². The van der Waals surface area contributed by atoms with Gasteiger partial charge in [0.15, 0.2) is 10.7 Å². The zero-order chi connectivity index (χ0) is 20.7. The molecule has 5 rings (SSSR count). The number of nitrogens with zero attached hydrogens (tertiary/aromatic N) is 5. The van der Waals surface area contributed by atoms with Gasteiger partial charge < -0.3 is 14.4 Å². The van der Waals surface area contributed by atoms with Gasteiger partial charge in [0, 0.05) is 61.9 Å². The van der Waals surface area contributed by atoms with Crippen LogP contribution in [0.4, 0.5) is 9.80 Å². The summed E-state index contributed by atoms with van der Waals surface area (Å²) in [7, 11) is 0. The van der Waals surface area contributed by atoms with Gasteiger partial charge in [-0.3, -0.25) is 14.9 Å². The third kappa shape index (κ3) is 3.49. The van der Waals surface area contributed by atoms with Crippen LogP contribution in [0.1, 0.15) is 47.8 Å². The Hall–Kier alpha value is -2.75. The predicted molar refractivity (Wildman–Crippen MR) is 112 cm³/mol. The molecule has 1 N–H and O–H groups in total. The van der Waals surface area contributed by atoms with Crippen LogP contribution in [0.25, 0.3) is 0 Å². The van der Waals surface area contributed by atoms with Gasteiger partial charge in [-0.05, 0) is 37.7 Å². The van der Waals surface area contributed by atoms with E-state index in [2.05, 4.69) is 14.9 Å². The van der Waals surface area contributed by atoms with Crippen molar-refractivity contribution in [1.29, 1.82) is 0 Å². The molecule has 158 valence electrons. The highest BCUT2D eigenvalue weighted by Gasteiger charge is 2.37. The van der Waals surface area contributed by atoms with Gasteiger partial charge in [-0.1, -0.05) is 10.6 Å². The molecule has 0 aliphatic carbocycles. The van der Waals surface area contributed by atoms with Crippen LogP contribution in [0.15, 0.2) is 23.0 Å². The smallest absolute Gasteiger partial charge is 0.322 e. The number of urea groups is 1. The minimum atomic E-state index is -0.241. The molecule has 0 saturated carbocycles. The van der Waals surface area contributed by atoms with Gasteiger partial charge in [-0.2, -0.15) is 0 Å². The van der Waals surface area contributed by atoms with Crippen molar-refractivity contribution in [2.24, 2.45) is 5.92 Å². The molecule has 0 spiro atoms. The maximum absolute atomic E-state index is 13.0. The summed E-state index contributed by atoms with van der Waals surface area (Å²) in [5.41, 5.74) is 1.25. The number of hydrogen-bond donors (Lipinski definition) is 1. The summed E-state index contributed by atoms with van der Waals surface area (Å²) < 4.78 is 5.75. The Bertz CT molecular complexity index is 1030. The lowest BCUT2D eigenvalue weighted by Crippen LogP contribution is -2.50. The van der Waals surface area contributed by atoms with E-state index >= 15 is 0 Å². The maximum Gasteiger partial charge on any atom is 0.322 e. The molecule has 0 aromatic carbocycles. The van der Waals surface area contributed by atoms with E-state index in [1.165, 1.54) is 0 Å². The molecule has 0 unspecified atom stereocenters. The van der Waals surface area contributed by atoms with Crippen molar-refractivity contribution in [3.8, 4) is 0 Å². The molecule has 5 heterocycles. The molecule has 2 aromatic rings. The van der Waals surface area contributed by atoms with E-state index in [0.717, 1.165) is 56.0 Å². The number of hydrogen-bond acceptors (Lipinski definition) is 6. The number of carbonyl (C=O) groups excluding carboxylic acids is 2. The van der Waals surface area contributed by atoms with Crippen molar-refractivity contribution in [2.75, 3.05) is 31.5 Å². The summed E-state index contributed by atoms with van der Waals surface area (Å²) in [6.45, 7) is 3.21. The molecule has 30 heavy (non-hydrogen) atoms. The Labute approximate surface area is 177 Å². The fourth-order valence-corrected chi connectivity index (χ4v) is 5.45. The van der Waals surface area contributed by atoms with E-state index in [4.69, 9.17) is 0 Å². The summed E-state index contributed by atoms with van der Waals surface area (Å²) >= 11 is 1.03.